The van der Waals surface area contributed by atoms with E-state index in [2.05, 4.69) is 87.1 Å². The van der Waals surface area contributed by atoms with E-state index in [1.165, 1.54) is 11.1 Å². The largest absolute Gasteiger partial charge is 0.507 e. The fraction of sp³-hybridized carbons (Fsp3) is 0. The average Bonchev–Trinajstić information content (AvgIpc) is 2.53. The van der Waals surface area contributed by atoms with Gasteiger partial charge in [0.1, 0.15) is 5.75 Å². The van der Waals surface area contributed by atoms with E-state index in [9.17, 15) is 0 Å². The van der Waals surface area contributed by atoms with Crippen molar-refractivity contribution in [3.63, 3.8) is 0 Å². The van der Waals surface area contributed by atoms with Gasteiger partial charge in [0.2, 0.25) is 0 Å². The first-order valence-corrected chi connectivity index (χ1v) is 8.28. The molecule has 3 heteroatoms. The van der Waals surface area contributed by atoms with E-state index in [1.54, 1.807) is 12.1 Å². The van der Waals surface area contributed by atoms with Crippen LogP contribution in [0.25, 0.3) is 11.1 Å². The molecular weight excluding hydrogens is 439 g/mol. The predicted molar refractivity (Wildman–Crippen MR) is 100 cm³/mol. The third kappa shape index (κ3) is 5.17. The first-order chi connectivity index (χ1) is 10.2. The van der Waals surface area contributed by atoms with Crippen molar-refractivity contribution >= 4 is 38.5 Å². The Balaban J connectivity index is 0.000000173. The normalized spacial score (nSPS) is 9.62. The molecule has 106 valence electrons. The summed E-state index contributed by atoms with van der Waals surface area (Å²) in [6.45, 7) is 0. The highest BCUT2D eigenvalue weighted by molar-refractivity contribution is 14.1. The number of rotatable bonds is 1. The molecule has 0 unspecified atom stereocenters. The van der Waals surface area contributed by atoms with Gasteiger partial charge in [-0.15, -0.1) is 0 Å². The zero-order chi connectivity index (χ0) is 15.1. The maximum atomic E-state index is 8.91. The maximum absolute atomic E-state index is 8.91. The van der Waals surface area contributed by atoms with Gasteiger partial charge in [-0.3, -0.25) is 0 Å². The van der Waals surface area contributed by atoms with Gasteiger partial charge in [0.15, 0.2) is 0 Å². The molecule has 0 aliphatic carbocycles. The van der Waals surface area contributed by atoms with E-state index in [4.69, 9.17) is 5.11 Å². The van der Waals surface area contributed by atoms with Gasteiger partial charge in [0.25, 0.3) is 0 Å². The third-order valence-corrected chi connectivity index (χ3v) is 4.24. The molecule has 0 amide bonds. The van der Waals surface area contributed by atoms with Crippen LogP contribution in [0.1, 0.15) is 0 Å². The topological polar surface area (TPSA) is 20.2 Å². The van der Waals surface area contributed by atoms with Crippen molar-refractivity contribution in [3.05, 3.63) is 86.9 Å². The first-order valence-electron chi connectivity index (χ1n) is 6.41. The molecule has 0 aliphatic heterocycles. The predicted octanol–water partition coefficient (Wildman–Crippen LogP) is 6.11. The SMILES string of the molecule is Brc1ccc(-c2ccccc2)cc1.Oc1ccccc1I. The van der Waals surface area contributed by atoms with Crippen LogP contribution in [-0.2, 0) is 0 Å². The minimum Gasteiger partial charge on any atom is -0.507 e. The van der Waals surface area contributed by atoms with Crippen LogP contribution in [-0.4, -0.2) is 5.11 Å². The van der Waals surface area contributed by atoms with Gasteiger partial charge in [0, 0.05) is 4.47 Å². The zero-order valence-electron chi connectivity index (χ0n) is 11.2. The number of hydrogen-bond acceptors (Lipinski definition) is 1. The van der Waals surface area contributed by atoms with Crippen molar-refractivity contribution in [1.82, 2.24) is 0 Å². The Kier molecular flexibility index (Phi) is 6.26. The summed E-state index contributed by atoms with van der Waals surface area (Å²) in [7, 11) is 0. The highest BCUT2D eigenvalue weighted by Gasteiger charge is 1.94. The highest BCUT2D eigenvalue weighted by atomic mass is 127. The van der Waals surface area contributed by atoms with E-state index >= 15 is 0 Å². The number of para-hydroxylation sites is 1. The van der Waals surface area contributed by atoms with Crippen molar-refractivity contribution < 1.29 is 5.11 Å². The van der Waals surface area contributed by atoms with Crippen LogP contribution in [0.4, 0.5) is 0 Å². The van der Waals surface area contributed by atoms with Crippen molar-refractivity contribution in [2.45, 2.75) is 0 Å². The molecule has 1 nitrogen and oxygen atoms in total. The van der Waals surface area contributed by atoms with Gasteiger partial charge in [-0.1, -0.05) is 70.5 Å². The molecule has 0 radical (unpaired) electrons. The summed E-state index contributed by atoms with van der Waals surface area (Å²) >= 11 is 5.49. The van der Waals surface area contributed by atoms with Crippen LogP contribution in [0.5, 0.6) is 5.75 Å². The Morgan fingerprint density at radius 1 is 0.667 bits per heavy atom. The number of phenolic OH excluding ortho intramolecular Hbond substituents is 1. The standard InChI is InChI=1S/C12H9Br.C6H5IO/c13-12-8-6-11(7-9-12)10-4-2-1-3-5-10;7-5-3-1-2-4-6(5)8/h1-9H;1-4,8H. The van der Waals surface area contributed by atoms with E-state index in [-0.39, 0.29) is 0 Å². The highest BCUT2D eigenvalue weighted by Crippen LogP contribution is 2.20. The summed E-state index contributed by atoms with van der Waals surface area (Å²) in [6.07, 6.45) is 0. The molecule has 3 rings (SSSR count). The molecule has 0 saturated carbocycles. The monoisotopic (exact) mass is 452 g/mol. The van der Waals surface area contributed by atoms with E-state index < -0.39 is 0 Å². The zero-order valence-corrected chi connectivity index (χ0v) is 15.0. The maximum Gasteiger partial charge on any atom is 0.128 e. The summed E-state index contributed by atoms with van der Waals surface area (Å²) < 4.78 is 2.01. The smallest absolute Gasteiger partial charge is 0.128 e. The van der Waals surface area contributed by atoms with Crippen LogP contribution >= 0.6 is 38.5 Å². The first kappa shape index (κ1) is 16.0. The van der Waals surface area contributed by atoms with E-state index in [1.807, 2.05) is 18.2 Å². The molecule has 1 N–H and O–H groups in total. The molecular formula is C18H14BrIO. The average molecular weight is 453 g/mol. The molecule has 0 saturated heterocycles. The fourth-order valence-electron chi connectivity index (χ4n) is 1.72. The second kappa shape index (κ2) is 8.20. The number of benzene rings is 3. The van der Waals surface area contributed by atoms with Gasteiger partial charge < -0.3 is 5.11 Å². The minimum absolute atomic E-state index is 0.355. The second-order valence-corrected chi connectivity index (χ2v) is 6.40. The lowest BCUT2D eigenvalue weighted by Crippen LogP contribution is -1.75. The molecule has 3 aromatic carbocycles. The number of phenols is 1. The van der Waals surface area contributed by atoms with Crippen molar-refractivity contribution in [2.24, 2.45) is 0 Å². The quantitative estimate of drug-likeness (QED) is 0.441. The van der Waals surface area contributed by atoms with Gasteiger partial charge in [-0.2, -0.15) is 0 Å². The van der Waals surface area contributed by atoms with Crippen molar-refractivity contribution in [1.29, 1.82) is 0 Å². The number of aromatic hydroxyl groups is 1. The molecule has 3 aromatic rings. The van der Waals surface area contributed by atoms with Gasteiger partial charge in [0.05, 0.1) is 3.57 Å². The third-order valence-electron chi connectivity index (χ3n) is 2.80. The van der Waals surface area contributed by atoms with E-state index in [0.29, 0.717) is 5.75 Å². The Morgan fingerprint density at radius 2 is 1.19 bits per heavy atom. The molecule has 21 heavy (non-hydrogen) atoms. The van der Waals surface area contributed by atoms with Crippen LogP contribution in [0, 0.1) is 3.57 Å². The van der Waals surface area contributed by atoms with Gasteiger partial charge in [-0.25, -0.2) is 0 Å². The van der Waals surface area contributed by atoms with Crippen molar-refractivity contribution in [2.75, 3.05) is 0 Å². The van der Waals surface area contributed by atoms with Crippen LogP contribution in [0.15, 0.2) is 83.3 Å². The van der Waals surface area contributed by atoms with Gasteiger partial charge >= 0.3 is 0 Å². The lowest BCUT2D eigenvalue weighted by atomic mass is 10.1. The number of halogens is 2. The van der Waals surface area contributed by atoms with Crippen LogP contribution < -0.4 is 0 Å². The second-order valence-electron chi connectivity index (χ2n) is 4.32. The summed E-state index contributed by atoms with van der Waals surface area (Å²) in [5.74, 6) is 0.355. The molecule has 0 atom stereocenters. The molecule has 0 aromatic heterocycles. The Morgan fingerprint density at radius 3 is 1.71 bits per heavy atom. The Bertz CT molecular complexity index is 660. The summed E-state index contributed by atoms with van der Waals surface area (Å²) in [6, 6.07) is 25.9. The van der Waals surface area contributed by atoms with Crippen LogP contribution in [0.2, 0.25) is 0 Å². The molecule has 0 bridgehead atoms. The summed E-state index contributed by atoms with van der Waals surface area (Å²) in [5, 5.41) is 8.91. The Hall–Kier alpha value is -1.33. The summed E-state index contributed by atoms with van der Waals surface area (Å²) in [5.41, 5.74) is 2.51. The minimum atomic E-state index is 0.355. The molecule has 0 aliphatic rings. The fourth-order valence-corrected chi connectivity index (χ4v) is 2.38. The lowest BCUT2D eigenvalue weighted by molar-refractivity contribution is 0.471. The summed E-state index contributed by atoms with van der Waals surface area (Å²) in [4.78, 5) is 0. The molecule has 0 fully saturated rings. The van der Waals surface area contributed by atoms with Gasteiger partial charge in [-0.05, 0) is 58.0 Å². The molecule has 0 spiro atoms. The van der Waals surface area contributed by atoms with E-state index in [0.717, 1.165) is 8.04 Å². The molecule has 0 heterocycles. The van der Waals surface area contributed by atoms with Crippen molar-refractivity contribution in [3.8, 4) is 16.9 Å². The lowest BCUT2D eigenvalue weighted by Gasteiger charge is -2.00. The van der Waals surface area contributed by atoms with Crippen LogP contribution in [0.3, 0.4) is 0 Å². The number of hydrogen-bond donors (Lipinski definition) is 1. The Labute approximate surface area is 146 Å².